The van der Waals surface area contributed by atoms with Gasteiger partial charge in [0.1, 0.15) is 0 Å². The van der Waals surface area contributed by atoms with E-state index < -0.39 is 0 Å². The minimum atomic E-state index is 0. The largest absolute Gasteiger partial charge is 0.292 e. The third-order valence-corrected chi connectivity index (χ3v) is 1.97. The fraction of sp³-hybridized carbons (Fsp3) is 0.778. The van der Waals surface area contributed by atoms with Gasteiger partial charge in [-0.1, -0.05) is 13.8 Å². The van der Waals surface area contributed by atoms with Gasteiger partial charge in [-0.3, -0.25) is 20.0 Å². The quantitative estimate of drug-likeness (QED) is 0.613. The van der Waals surface area contributed by atoms with Crippen LogP contribution in [0.15, 0.2) is 20.0 Å². The van der Waals surface area contributed by atoms with Crippen LogP contribution in [0.5, 0.6) is 0 Å². The summed E-state index contributed by atoms with van der Waals surface area (Å²) in [6, 6.07) is 0. The summed E-state index contributed by atoms with van der Waals surface area (Å²) in [5.74, 6) is 0. The first-order valence-electron chi connectivity index (χ1n) is 8.19. The molecule has 0 aromatic rings. The summed E-state index contributed by atoms with van der Waals surface area (Å²) in [4.78, 5) is 16.7. The van der Waals surface area contributed by atoms with Crippen LogP contribution in [-0.4, -0.2) is 49.0 Å². The molecule has 0 saturated heterocycles. The van der Waals surface area contributed by atoms with Gasteiger partial charge >= 0.3 is 0 Å². The van der Waals surface area contributed by atoms with Crippen molar-refractivity contribution in [2.75, 3.05) is 13.1 Å². The standard InChI is InChI=1S/C10H20N2.C8H16N2.Co/c1-9(2,3)11-7-8-12-10(4,5)6;1-3-5-9-7-8-10-6-4-2;/h7-8H,1-6H3;7-8H,3-6H2,1-2H3;. The van der Waals surface area contributed by atoms with Crippen molar-refractivity contribution in [2.45, 2.75) is 79.3 Å². The maximum atomic E-state index is 4.29. The van der Waals surface area contributed by atoms with Gasteiger partial charge in [0.2, 0.25) is 0 Å². The van der Waals surface area contributed by atoms with Crippen LogP contribution < -0.4 is 0 Å². The molecule has 0 saturated carbocycles. The van der Waals surface area contributed by atoms with E-state index in [1.807, 2.05) is 0 Å². The second-order valence-corrected chi connectivity index (χ2v) is 7.01. The van der Waals surface area contributed by atoms with Crippen LogP contribution in [0.4, 0.5) is 0 Å². The van der Waals surface area contributed by atoms with Crippen molar-refractivity contribution >= 4 is 24.9 Å². The monoisotopic (exact) mass is 367 g/mol. The molecular weight excluding hydrogens is 331 g/mol. The van der Waals surface area contributed by atoms with Crippen molar-refractivity contribution < 1.29 is 16.8 Å². The van der Waals surface area contributed by atoms with Gasteiger partial charge in [0.15, 0.2) is 0 Å². The summed E-state index contributed by atoms with van der Waals surface area (Å²) in [6.07, 6.45) is 9.31. The molecule has 0 rings (SSSR count). The summed E-state index contributed by atoms with van der Waals surface area (Å²) >= 11 is 0. The average molecular weight is 367 g/mol. The van der Waals surface area contributed by atoms with Crippen molar-refractivity contribution in [3.05, 3.63) is 0 Å². The molecule has 0 aromatic heterocycles. The number of hydrogen-bond donors (Lipinski definition) is 0. The molecule has 0 amide bonds. The molecule has 0 fully saturated rings. The topological polar surface area (TPSA) is 49.4 Å². The van der Waals surface area contributed by atoms with Gasteiger partial charge in [0.25, 0.3) is 0 Å². The van der Waals surface area contributed by atoms with Crippen molar-refractivity contribution in [3.8, 4) is 0 Å². The molecule has 5 heteroatoms. The predicted octanol–water partition coefficient (Wildman–Crippen LogP) is 4.67. The molecule has 1 radical (unpaired) electrons. The third kappa shape index (κ3) is 33.8. The molecule has 0 aliphatic rings. The minimum Gasteiger partial charge on any atom is -0.292 e. The molecule has 23 heavy (non-hydrogen) atoms. The van der Waals surface area contributed by atoms with Crippen molar-refractivity contribution in [1.29, 1.82) is 0 Å². The number of rotatable bonds is 6. The van der Waals surface area contributed by atoms with Crippen LogP contribution in [-0.2, 0) is 16.8 Å². The normalized spacial score (nSPS) is 12.9. The van der Waals surface area contributed by atoms with E-state index in [0.717, 1.165) is 25.9 Å². The van der Waals surface area contributed by atoms with Gasteiger partial charge in [-0.05, 0) is 54.4 Å². The number of hydrogen-bond acceptors (Lipinski definition) is 4. The zero-order valence-corrected chi connectivity index (χ0v) is 17.3. The Hall–Kier alpha value is -0.814. The Kier molecular flexibility index (Phi) is 18.9. The zero-order chi connectivity index (χ0) is 17.5. The number of nitrogens with zero attached hydrogens (tertiary/aromatic N) is 4. The first kappa shape index (κ1) is 27.1. The van der Waals surface area contributed by atoms with Crippen LogP contribution in [0.25, 0.3) is 0 Å². The van der Waals surface area contributed by atoms with E-state index >= 15 is 0 Å². The maximum Gasteiger partial charge on any atom is 0.0524 e. The number of aliphatic imine (C=N–C) groups is 4. The van der Waals surface area contributed by atoms with Gasteiger partial charge in [0, 0.05) is 54.7 Å². The minimum absolute atomic E-state index is 0. The van der Waals surface area contributed by atoms with Gasteiger partial charge in [-0.2, -0.15) is 0 Å². The van der Waals surface area contributed by atoms with E-state index in [1.165, 1.54) is 0 Å². The molecule has 0 aliphatic heterocycles. The van der Waals surface area contributed by atoms with Gasteiger partial charge < -0.3 is 0 Å². The van der Waals surface area contributed by atoms with Gasteiger partial charge in [0.05, 0.1) is 11.1 Å². The van der Waals surface area contributed by atoms with Crippen LogP contribution in [0.3, 0.4) is 0 Å². The Morgan fingerprint density at radius 1 is 0.609 bits per heavy atom. The van der Waals surface area contributed by atoms with E-state index in [0.29, 0.717) is 0 Å². The summed E-state index contributed by atoms with van der Waals surface area (Å²) in [5.41, 5.74) is 0.00775. The summed E-state index contributed by atoms with van der Waals surface area (Å²) in [7, 11) is 0. The summed E-state index contributed by atoms with van der Waals surface area (Å²) < 4.78 is 0. The Morgan fingerprint density at radius 2 is 0.913 bits per heavy atom. The molecular formula is C18H36CoN4. The fourth-order valence-corrected chi connectivity index (χ4v) is 1.02. The van der Waals surface area contributed by atoms with E-state index in [2.05, 4.69) is 75.4 Å². The SMILES string of the molecule is CC(C)(C)N=CC=NC(C)(C)C.CCCN=CC=NCCC.[Co]. The molecule has 0 bridgehead atoms. The second kappa shape index (κ2) is 16.1. The Bertz CT molecular complexity index is 322. The first-order valence-corrected chi connectivity index (χ1v) is 8.19. The Balaban J connectivity index is -0.000000338. The van der Waals surface area contributed by atoms with Crippen LogP contribution in [0, 0.1) is 0 Å². The molecule has 137 valence electrons. The zero-order valence-electron chi connectivity index (χ0n) is 16.3. The van der Waals surface area contributed by atoms with Crippen LogP contribution in [0.2, 0.25) is 0 Å². The molecule has 0 atom stereocenters. The smallest absolute Gasteiger partial charge is 0.0524 e. The Morgan fingerprint density at radius 3 is 1.13 bits per heavy atom. The molecule has 0 heterocycles. The van der Waals surface area contributed by atoms with Crippen LogP contribution >= 0.6 is 0 Å². The molecule has 4 nitrogen and oxygen atoms in total. The van der Waals surface area contributed by atoms with E-state index in [1.54, 1.807) is 24.9 Å². The first-order chi connectivity index (χ1) is 10.1. The molecule has 0 N–H and O–H groups in total. The fourth-order valence-electron chi connectivity index (χ4n) is 1.02. The van der Waals surface area contributed by atoms with Gasteiger partial charge in [-0.25, -0.2) is 0 Å². The van der Waals surface area contributed by atoms with Crippen molar-refractivity contribution in [3.63, 3.8) is 0 Å². The summed E-state index contributed by atoms with van der Waals surface area (Å²) in [5, 5.41) is 0. The molecule has 0 unspecified atom stereocenters. The maximum absolute atomic E-state index is 4.29. The van der Waals surface area contributed by atoms with Crippen molar-refractivity contribution in [1.82, 2.24) is 0 Å². The van der Waals surface area contributed by atoms with E-state index in [-0.39, 0.29) is 27.9 Å². The second-order valence-electron chi connectivity index (χ2n) is 7.01. The van der Waals surface area contributed by atoms with Crippen molar-refractivity contribution in [2.24, 2.45) is 20.0 Å². The molecule has 0 aliphatic carbocycles. The molecule has 0 spiro atoms. The average Bonchev–Trinajstić information content (AvgIpc) is 2.38. The van der Waals surface area contributed by atoms with Crippen LogP contribution in [0.1, 0.15) is 68.2 Å². The Labute approximate surface area is 154 Å². The van der Waals surface area contributed by atoms with Gasteiger partial charge in [-0.15, -0.1) is 0 Å². The third-order valence-electron chi connectivity index (χ3n) is 1.97. The van der Waals surface area contributed by atoms with E-state index in [4.69, 9.17) is 0 Å². The van der Waals surface area contributed by atoms with E-state index in [9.17, 15) is 0 Å². The molecule has 0 aromatic carbocycles. The predicted molar refractivity (Wildman–Crippen MR) is 104 cm³/mol. The summed E-state index contributed by atoms with van der Waals surface area (Å²) in [6.45, 7) is 18.4.